The Bertz CT molecular complexity index is 699. The molecule has 0 atom stereocenters. The van der Waals surface area contributed by atoms with Gasteiger partial charge in [0.2, 0.25) is 0 Å². The van der Waals surface area contributed by atoms with E-state index in [0.717, 1.165) is 20.2 Å². The van der Waals surface area contributed by atoms with Crippen LogP contribution in [0.2, 0.25) is 0 Å². The molecule has 1 heterocycles. The van der Waals surface area contributed by atoms with Crippen LogP contribution in [0.15, 0.2) is 38.6 Å². The summed E-state index contributed by atoms with van der Waals surface area (Å²) in [7, 11) is 0. The molecule has 8 heteroatoms. The van der Waals surface area contributed by atoms with E-state index in [2.05, 4.69) is 42.7 Å². The highest BCUT2D eigenvalue weighted by atomic mass is 79.9. The topological polar surface area (TPSA) is 67.4 Å². The number of thiophene rings is 1. The molecule has 1 aromatic heterocycles. The molecule has 0 aliphatic heterocycles. The monoisotopic (exact) mass is 460 g/mol. The number of benzene rings is 1. The summed E-state index contributed by atoms with van der Waals surface area (Å²) < 4.78 is 7.08. The van der Waals surface area contributed by atoms with Gasteiger partial charge >= 0.3 is 0 Å². The van der Waals surface area contributed by atoms with E-state index < -0.39 is 5.91 Å². The van der Waals surface area contributed by atoms with Crippen LogP contribution in [0, 0.1) is 0 Å². The van der Waals surface area contributed by atoms with E-state index in [1.165, 1.54) is 11.3 Å². The number of para-hydroxylation sites is 1. The Labute approximate surface area is 154 Å². The Kier molecular flexibility index (Phi) is 6.61. The van der Waals surface area contributed by atoms with E-state index >= 15 is 0 Å². The number of carbonyl (C=O) groups is 2. The smallest absolute Gasteiger partial charge is 0.279 e. The predicted octanol–water partition coefficient (Wildman–Crippen LogP) is 3.68. The fourth-order valence-electron chi connectivity index (χ4n) is 1.76. The highest BCUT2D eigenvalue weighted by molar-refractivity contribution is 9.13. The molecule has 122 valence electrons. The summed E-state index contributed by atoms with van der Waals surface area (Å²) in [4.78, 5) is 24.1. The average molecular weight is 462 g/mol. The predicted molar refractivity (Wildman–Crippen MR) is 96.6 cm³/mol. The van der Waals surface area contributed by atoms with Crippen LogP contribution in [0.3, 0.4) is 0 Å². The minimum atomic E-state index is -0.432. The third kappa shape index (κ3) is 5.05. The van der Waals surface area contributed by atoms with E-state index in [1.807, 2.05) is 31.2 Å². The number of hydrogen-bond acceptors (Lipinski definition) is 4. The van der Waals surface area contributed by atoms with Crippen LogP contribution in [-0.4, -0.2) is 18.4 Å². The Balaban J connectivity index is 1.82. The molecule has 0 saturated carbocycles. The molecule has 0 spiro atoms. The molecule has 2 amide bonds. The van der Waals surface area contributed by atoms with Crippen molar-refractivity contribution in [1.29, 1.82) is 0 Å². The minimum Gasteiger partial charge on any atom is -0.483 e. The first kappa shape index (κ1) is 18.0. The minimum absolute atomic E-state index is 0.172. The lowest BCUT2D eigenvalue weighted by Crippen LogP contribution is -2.43. The first-order valence-electron chi connectivity index (χ1n) is 6.76. The molecule has 1 aromatic carbocycles. The second kappa shape index (κ2) is 8.47. The van der Waals surface area contributed by atoms with Crippen molar-refractivity contribution in [2.24, 2.45) is 0 Å². The van der Waals surface area contributed by atoms with Crippen molar-refractivity contribution in [3.8, 4) is 5.75 Å². The van der Waals surface area contributed by atoms with Gasteiger partial charge in [-0.3, -0.25) is 20.4 Å². The van der Waals surface area contributed by atoms with Gasteiger partial charge in [0, 0.05) is 4.47 Å². The molecule has 2 N–H and O–H groups in total. The van der Waals surface area contributed by atoms with E-state index in [1.54, 1.807) is 6.07 Å². The molecule has 0 aliphatic rings. The number of halogens is 2. The number of hydrazine groups is 1. The lowest BCUT2D eigenvalue weighted by Gasteiger charge is -2.10. The lowest BCUT2D eigenvalue weighted by molar-refractivity contribution is -0.123. The van der Waals surface area contributed by atoms with Crippen LogP contribution in [0.4, 0.5) is 0 Å². The van der Waals surface area contributed by atoms with Crippen molar-refractivity contribution < 1.29 is 14.3 Å². The van der Waals surface area contributed by atoms with Crippen molar-refractivity contribution in [3.63, 3.8) is 0 Å². The van der Waals surface area contributed by atoms with Crippen molar-refractivity contribution in [2.75, 3.05) is 6.61 Å². The summed E-state index contributed by atoms with van der Waals surface area (Å²) >= 11 is 7.88. The Morgan fingerprint density at radius 3 is 2.61 bits per heavy atom. The van der Waals surface area contributed by atoms with Crippen LogP contribution < -0.4 is 15.6 Å². The molecule has 0 saturated heterocycles. The standard InChI is InChI=1S/C15H14Br2N2O3S/c1-2-9-5-3-4-6-11(9)22-8-13(20)18-19-15(21)12-7-10(16)14(17)23-12/h3-7H,2,8H2,1H3,(H,18,20)(H,19,21). The van der Waals surface area contributed by atoms with Gasteiger partial charge in [-0.25, -0.2) is 0 Å². The normalized spacial score (nSPS) is 10.2. The van der Waals surface area contributed by atoms with Gasteiger partial charge < -0.3 is 4.74 Å². The fraction of sp³-hybridized carbons (Fsp3) is 0.200. The molecular formula is C15H14Br2N2O3S. The number of ether oxygens (including phenoxy) is 1. The zero-order valence-electron chi connectivity index (χ0n) is 12.2. The lowest BCUT2D eigenvalue weighted by atomic mass is 10.1. The second-order valence-electron chi connectivity index (χ2n) is 4.48. The van der Waals surface area contributed by atoms with Crippen LogP contribution >= 0.6 is 43.2 Å². The Hall–Kier alpha value is -1.38. The van der Waals surface area contributed by atoms with Crippen LogP contribution in [0.25, 0.3) is 0 Å². The quantitative estimate of drug-likeness (QED) is 0.667. The molecule has 0 radical (unpaired) electrons. The van der Waals surface area contributed by atoms with Crippen LogP contribution in [0.1, 0.15) is 22.2 Å². The molecule has 2 aromatic rings. The van der Waals surface area contributed by atoms with Gasteiger partial charge in [0.05, 0.1) is 8.66 Å². The van der Waals surface area contributed by atoms with E-state index in [4.69, 9.17) is 4.74 Å². The summed E-state index contributed by atoms with van der Waals surface area (Å²) in [5.41, 5.74) is 5.71. The van der Waals surface area contributed by atoms with Crippen molar-refractivity contribution in [3.05, 3.63) is 49.0 Å². The first-order chi connectivity index (χ1) is 11.0. The summed E-state index contributed by atoms with van der Waals surface area (Å²) in [6, 6.07) is 9.20. The van der Waals surface area contributed by atoms with Gasteiger partial charge in [0.25, 0.3) is 11.8 Å². The molecule has 5 nitrogen and oxygen atoms in total. The Morgan fingerprint density at radius 1 is 1.22 bits per heavy atom. The number of aryl methyl sites for hydroxylation is 1. The third-order valence-electron chi connectivity index (χ3n) is 2.90. The van der Waals surface area contributed by atoms with Gasteiger partial charge in [-0.15, -0.1) is 11.3 Å². The molecule has 0 fully saturated rings. The molecule has 0 unspecified atom stereocenters. The SMILES string of the molecule is CCc1ccccc1OCC(=O)NNC(=O)c1cc(Br)c(Br)s1. The average Bonchev–Trinajstić information content (AvgIpc) is 2.90. The van der Waals surface area contributed by atoms with E-state index in [0.29, 0.717) is 10.6 Å². The summed E-state index contributed by atoms with van der Waals surface area (Å²) in [5.74, 6) is -0.148. The van der Waals surface area contributed by atoms with Crippen LogP contribution in [0.5, 0.6) is 5.75 Å². The second-order valence-corrected chi connectivity index (χ2v) is 7.71. The van der Waals surface area contributed by atoms with Crippen molar-refractivity contribution >= 4 is 55.0 Å². The molecule has 23 heavy (non-hydrogen) atoms. The number of rotatable bonds is 5. The third-order valence-corrected chi connectivity index (χ3v) is 6.15. The number of hydrogen-bond donors (Lipinski definition) is 2. The number of amides is 2. The zero-order chi connectivity index (χ0) is 16.8. The highest BCUT2D eigenvalue weighted by Gasteiger charge is 2.13. The first-order valence-corrected chi connectivity index (χ1v) is 9.16. The van der Waals surface area contributed by atoms with E-state index in [9.17, 15) is 9.59 Å². The van der Waals surface area contributed by atoms with Gasteiger partial charge in [0.15, 0.2) is 6.61 Å². The van der Waals surface area contributed by atoms with Gasteiger partial charge in [0.1, 0.15) is 5.75 Å². The van der Waals surface area contributed by atoms with E-state index in [-0.39, 0.29) is 12.5 Å². The summed E-state index contributed by atoms with van der Waals surface area (Å²) in [5, 5.41) is 0. The number of nitrogens with one attached hydrogen (secondary N) is 2. The zero-order valence-corrected chi connectivity index (χ0v) is 16.2. The van der Waals surface area contributed by atoms with Crippen molar-refractivity contribution in [2.45, 2.75) is 13.3 Å². The van der Waals surface area contributed by atoms with Crippen molar-refractivity contribution in [1.82, 2.24) is 10.9 Å². The maximum atomic E-state index is 11.9. The van der Waals surface area contributed by atoms with Gasteiger partial charge in [-0.05, 0) is 56.0 Å². The molecule has 0 bridgehead atoms. The highest BCUT2D eigenvalue weighted by Crippen LogP contribution is 2.32. The van der Waals surface area contributed by atoms with Crippen LogP contribution in [-0.2, 0) is 11.2 Å². The molecular weight excluding hydrogens is 448 g/mol. The fourth-order valence-corrected chi connectivity index (χ4v) is 3.69. The Morgan fingerprint density at radius 2 is 1.96 bits per heavy atom. The maximum absolute atomic E-state index is 11.9. The molecule has 2 rings (SSSR count). The maximum Gasteiger partial charge on any atom is 0.279 e. The van der Waals surface area contributed by atoms with Gasteiger partial charge in [-0.2, -0.15) is 0 Å². The number of carbonyl (C=O) groups excluding carboxylic acids is 2. The summed E-state index contributed by atoms with van der Waals surface area (Å²) in [6.45, 7) is 1.84. The summed E-state index contributed by atoms with van der Waals surface area (Å²) in [6.07, 6.45) is 0.816. The molecule has 0 aliphatic carbocycles. The largest absolute Gasteiger partial charge is 0.483 e. The van der Waals surface area contributed by atoms with Gasteiger partial charge in [-0.1, -0.05) is 25.1 Å².